The standard InChI is InChI=1S/C20H13BF4/c1-2-13-3-5-14(6-4-13)21(15-7-17(22)11-18(23)8-15)16-9-19(24)12-20(25)10-16/h2-12H,1H2. The predicted molar refractivity (Wildman–Crippen MR) is 93.9 cm³/mol. The van der Waals surface area contributed by atoms with Gasteiger partial charge in [0.05, 0.1) is 0 Å². The molecule has 0 heterocycles. The molecule has 25 heavy (non-hydrogen) atoms. The van der Waals surface area contributed by atoms with Crippen molar-refractivity contribution in [3.63, 3.8) is 0 Å². The molecule has 0 saturated carbocycles. The van der Waals surface area contributed by atoms with Crippen LogP contribution in [0.15, 0.2) is 67.2 Å². The van der Waals surface area contributed by atoms with Crippen molar-refractivity contribution in [1.82, 2.24) is 0 Å². The van der Waals surface area contributed by atoms with Gasteiger partial charge in [-0.25, -0.2) is 17.6 Å². The molecule has 3 rings (SSSR count). The summed E-state index contributed by atoms with van der Waals surface area (Å²) < 4.78 is 54.8. The second kappa shape index (κ2) is 6.97. The topological polar surface area (TPSA) is 0 Å². The van der Waals surface area contributed by atoms with Crippen molar-refractivity contribution in [3.8, 4) is 0 Å². The van der Waals surface area contributed by atoms with E-state index in [0.717, 1.165) is 42.0 Å². The fraction of sp³-hybridized carbons (Fsp3) is 0. The molecule has 0 N–H and O–H groups in total. The van der Waals surface area contributed by atoms with E-state index in [0.29, 0.717) is 5.46 Å². The van der Waals surface area contributed by atoms with E-state index in [-0.39, 0.29) is 10.9 Å². The molecule has 0 amide bonds. The lowest BCUT2D eigenvalue weighted by molar-refractivity contribution is 0.585. The summed E-state index contributed by atoms with van der Waals surface area (Å²) in [6.07, 6.45) is 1.66. The zero-order valence-corrected chi connectivity index (χ0v) is 13.1. The van der Waals surface area contributed by atoms with Crippen molar-refractivity contribution in [2.24, 2.45) is 0 Å². The van der Waals surface area contributed by atoms with Crippen molar-refractivity contribution in [2.75, 3.05) is 0 Å². The summed E-state index contributed by atoms with van der Waals surface area (Å²) in [5, 5.41) is 0. The van der Waals surface area contributed by atoms with Crippen molar-refractivity contribution < 1.29 is 17.6 Å². The van der Waals surface area contributed by atoms with Gasteiger partial charge in [-0.05, 0) is 29.8 Å². The maximum atomic E-state index is 13.7. The van der Waals surface area contributed by atoms with Crippen LogP contribution in [0.2, 0.25) is 0 Å². The maximum absolute atomic E-state index is 13.7. The Kier molecular flexibility index (Phi) is 4.75. The Labute approximate surface area is 143 Å². The molecule has 0 aliphatic heterocycles. The minimum Gasteiger partial charge on any atom is -0.207 e. The van der Waals surface area contributed by atoms with Crippen LogP contribution in [0.5, 0.6) is 0 Å². The van der Waals surface area contributed by atoms with E-state index in [1.807, 2.05) is 0 Å². The minimum absolute atomic E-state index is 0.272. The van der Waals surface area contributed by atoms with Crippen LogP contribution in [-0.4, -0.2) is 6.71 Å². The summed E-state index contributed by atoms with van der Waals surface area (Å²) in [6.45, 7) is 2.96. The highest BCUT2D eigenvalue weighted by molar-refractivity contribution is 6.95. The van der Waals surface area contributed by atoms with Crippen LogP contribution in [0.1, 0.15) is 5.56 Å². The number of hydrogen-bond acceptors (Lipinski definition) is 0. The second-order valence-corrected chi connectivity index (χ2v) is 5.71. The van der Waals surface area contributed by atoms with Crippen LogP contribution >= 0.6 is 0 Å². The highest BCUT2D eigenvalue weighted by Gasteiger charge is 2.24. The molecule has 0 atom stereocenters. The first-order valence-corrected chi connectivity index (χ1v) is 7.60. The Morgan fingerprint density at radius 1 is 0.600 bits per heavy atom. The smallest absolute Gasteiger partial charge is 0.207 e. The molecule has 0 saturated heterocycles. The lowest BCUT2D eigenvalue weighted by atomic mass is 9.37. The van der Waals surface area contributed by atoms with Gasteiger partial charge in [-0.15, -0.1) is 0 Å². The van der Waals surface area contributed by atoms with Crippen LogP contribution in [0.3, 0.4) is 0 Å². The molecule has 0 spiro atoms. The molecule has 124 valence electrons. The predicted octanol–water partition coefficient (Wildman–Crippen LogP) is 3.40. The van der Waals surface area contributed by atoms with E-state index in [1.165, 1.54) is 0 Å². The fourth-order valence-corrected chi connectivity index (χ4v) is 2.89. The monoisotopic (exact) mass is 340 g/mol. The molecule has 0 aliphatic carbocycles. The third kappa shape index (κ3) is 3.82. The highest BCUT2D eigenvalue weighted by atomic mass is 19.1. The molecule has 0 radical (unpaired) electrons. The fourth-order valence-electron chi connectivity index (χ4n) is 2.89. The molecular formula is C20H13BF4. The van der Waals surface area contributed by atoms with Crippen molar-refractivity contribution in [2.45, 2.75) is 0 Å². The lowest BCUT2D eigenvalue weighted by Gasteiger charge is -2.16. The minimum atomic E-state index is -0.750. The summed E-state index contributed by atoms with van der Waals surface area (Å²) >= 11 is 0. The maximum Gasteiger partial charge on any atom is 0.241 e. The van der Waals surface area contributed by atoms with E-state index in [2.05, 4.69) is 6.58 Å². The molecule has 0 nitrogen and oxygen atoms in total. The first-order valence-electron chi connectivity index (χ1n) is 7.60. The van der Waals surface area contributed by atoms with E-state index < -0.39 is 30.0 Å². The number of benzene rings is 3. The van der Waals surface area contributed by atoms with E-state index in [4.69, 9.17) is 0 Å². The Hall–Kier alpha value is -2.82. The van der Waals surface area contributed by atoms with Crippen molar-refractivity contribution in [3.05, 3.63) is 96.1 Å². The van der Waals surface area contributed by atoms with E-state index in [9.17, 15) is 17.6 Å². The lowest BCUT2D eigenvalue weighted by Crippen LogP contribution is -2.52. The molecule has 3 aromatic carbocycles. The quantitative estimate of drug-likeness (QED) is 0.505. The third-order valence-electron chi connectivity index (χ3n) is 3.94. The molecule has 3 aromatic rings. The van der Waals surface area contributed by atoms with Gasteiger partial charge in [0.1, 0.15) is 23.3 Å². The SMILES string of the molecule is C=Cc1ccc(B(c2cc(F)cc(F)c2)c2cc(F)cc(F)c2)cc1. The Balaban J connectivity index is 2.20. The first kappa shape index (κ1) is 17.0. The molecule has 0 aromatic heterocycles. The summed E-state index contributed by atoms with van der Waals surface area (Å²) in [7, 11) is 0. The zero-order chi connectivity index (χ0) is 18.0. The highest BCUT2D eigenvalue weighted by Crippen LogP contribution is 2.06. The van der Waals surface area contributed by atoms with Gasteiger partial charge < -0.3 is 0 Å². The van der Waals surface area contributed by atoms with Gasteiger partial charge in [0.2, 0.25) is 6.71 Å². The van der Waals surface area contributed by atoms with Gasteiger partial charge in [0.15, 0.2) is 0 Å². The summed E-state index contributed by atoms with van der Waals surface area (Å²) in [5.41, 5.74) is 2.06. The van der Waals surface area contributed by atoms with Crippen LogP contribution in [0.4, 0.5) is 17.6 Å². The third-order valence-corrected chi connectivity index (χ3v) is 3.94. The number of rotatable bonds is 4. The molecular weight excluding hydrogens is 327 g/mol. The van der Waals surface area contributed by atoms with Crippen LogP contribution < -0.4 is 16.4 Å². The van der Waals surface area contributed by atoms with Crippen molar-refractivity contribution in [1.29, 1.82) is 0 Å². The van der Waals surface area contributed by atoms with Crippen LogP contribution in [0.25, 0.3) is 6.08 Å². The van der Waals surface area contributed by atoms with E-state index >= 15 is 0 Å². The zero-order valence-electron chi connectivity index (χ0n) is 13.1. The van der Waals surface area contributed by atoms with Gasteiger partial charge in [-0.3, -0.25) is 0 Å². The first-order chi connectivity index (χ1) is 12.0. The largest absolute Gasteiger partial charge is 0.241 e. The average Bonchev–Trinajstić information content (AvgIpc) is 2.54. The molecule has 0 aliphatic rings. The molecule has 0 bridgehead atoms. The second-order valence-electron chi connectivity index (χ2n) is 5.71. The number of hydrogen-bond donors (Lipinski definition) is 0. The summed E-state index contributed by atoms with van der Waals surface area (Å²) in [5.74, 6) is -3.00. The average molecular weight is 340 g/mol. The van der Waals surface area contributed by atoms with Crippen LogP contribution in [0, 0.1) is 23.3 Å². The van der Waals surface area contributed by atoms with Gasteiger partial charge in [-0.1, -0.05) is 53.3 Å². The molecule has 0 unspecified atom stereocenters. The molecule has 5 heteroatoms. The van der Waals surface area contributed by atoms with Crippen LogP contribution in [-0.2, 0) is 0 Å². The summed E-state index contributed by atoms with van der Waals surface area (Å²) in [4.78, 5) is 0. The Bertz CT molecular complexity index is 827. The van der Waals surface area contributed by atoms with Gasteiger partial charge in [0, 0.05) is 12.1 Å². The van der Waals surface area contributed by atoms with Gasteiger partial charge in [0.25, 0.3) is 0 Å². The Morgan fingerprint density at radius 3 is 1.36 bits per heavy atom. The van der Waals surface area contributed by atoms with Gasteiger partial charge in [-0.2, -0.15) is 0 Å². The summed E-state index contributed by atoms with van der Waals surface area (Å²) in [6, 6.07) is 13.2. The normalized spacial score (nSPS) is 10.6. The number of halogens is 4. The van der Waals surface area contributed by atoms with Gasteiger partial charge >= 0.3 is 0 Å². The Morgan fingerprint density at radius 2 is 1.00 bits per heavy atom. The van der Waals surface area contributed by atoms with E-state index in [1.54, 1.807) is 30.3 Å². The van der Waals surface area contributed by atoms with Crippen molar-refractivity contribution >= 4 is 29.2 Å². The molecule has 0 fully saturated rings.